The van der Waals surface area contributed by atoms with Crippen LogP contribution in [-0.4, -0.2) is 38.6 Å². The highest BCUT2D eigenvalue weighted by molar-refractivity contribution is 9.10. The van der Waals surface area contributed by atoms with Crippen molar-refractivity contribution in [3.63, 3.8) is 0 Å². The maximum absolute atomic E-state index is 12.3. The predicted molar refractivity (Wildman–Crippen MR) is 106 cm³/mol. The molecule has 3 rings (SSSR count). The van der Waals surface area contributed by atoms with Crippen LogP contribution in [0.15, 0.2) is 46.9 Å². The van der Waals surface area contributed by atoms with Crippen molar-refractivity contribution in [1.82, 2.24) is 0 Å². The molecule has 0 saturated carbocycles. The van der Waals surface area contributed by atoms with E-state index in [9.17, 15) is 4.79 Å². The van der Waals surface area contributed by atoms with Crippen LogP contribution in [0.4, 0.5) is 11.4 Å². The van der Waals surface area contributed by atoms with E-state index < -0.39 is 0 Å². The summed E-state index contributed by atoms with van der Waals surface area (Å²) in [5.41, 5.74) is 4.87. The summed E-state index contributed by atoms with van der Waals surface area (Å²) in [7, 11) is 0. The first-order valence-corrected chi connectivity index (χ1v) is 9.52. The van der Waals surface area contributed by atoms with Crippen LogP contribution in [0.2, 0.25) is 0 Å². The maximum Gasteiger partial charge on any atom is 0.279 e. The van der Waals surface area contributed by atoms with Crippen molar-refractivity contribution in [2.75, 3.05) is 42.9 Å². The molecule has 0 atom stereocenters. The molecule has 1 fully saturated rings. The highest BCUT2D eigenvalue weighted by Crippen LogP contribution is 2.22. The summed E-state index contributed by atoms with van der Waals surface area (Å²) in [6, 6.07) is 14.2. The van der Waals surface area contributed by atoms with Crippen molar-refractivity contribution in [2.45, 2.75) is 13.8 Å². The van der Waals surface area contributed by atoms with Crippen molar-refractivity contribution in [1.29, 1.82) is 0 Å². The average molecular weight is 403 g/mol. The average Bonchev–Trinajstić information content (AvgIpc) is 2.58. The van der Waals surface area contributed by atoms with E-state index in [1.54, 1.807) is 0 Å². The van der Waals surface area contributed by atoms with E-state index in [4.69, 9.17) is 0 Å². The molecule has 0 aliphatic carbocycles. The number of hydrogen-bond acceptors (Lipinski definition) is 2. The van der Waals surface area contributed by atoms with Gasteiger partial charge in [0.25, 0.3) is 5.91 Å². The van der Waals surface area contributed by atoms with Gasteiger partial charge in [-0.2, -0.15) is 0 Å². The summed E-state index contributed by atoms with van der Waals surface area (Å²) in [5.74, 6) is 0.0771. The fourth-order valence-electron chi connectivity index (χ4n) is 3.32. The molecule has 25 heavy (non-hydrogen) atoms. The van der Waals surface area contributed by atoms with Crippen molar-refractivity contribution in [2.24, 2.45) is 0 Å². The number of piperazine rings is 1. The molecule has 1 saturated heterocycles. The third-order valence-electron chi connectivity index (χ3n) is 4.91. The molecule has 2 aromatic carbocycles. The van der Waals surface area contributed by atoms with E-state index in [2.05, 4.69) is 58.2 Å². The highest BCUT2D eigenvalue weighted by atomic mass is 79.9. The zero-order chi connectivity index (χ0) is 17.8. The molecule has 2 N–H and O–H groups in total. The third kappa shape index (κ3) is 4.61. The molecule has 1 amide bonds. The number of anilines is 2. The van der Waals surface area contributed by atoms with Gasteiger partial charge in [0.15, 0.2) is 6.54 Å². The Morgan fingerprint density at radius 2 is 1.88 bits per heavy atom. The largest absolute Gasteiger partial charge is 0.360 e. The lowest BCUT2D eigenvalue weighted by Crippen LogP contribution is -3.15. The van der Waals surface area contributed by atoms with Gasteiger partial charge in [0.05, 0.1) is 26.2 Å². The topological polar surface area (TPSA) is 36.8 Å². The Morgan fingerprint density at radius 1 is 1.16 bits per heavy atom. The van der Waals surface area contributed by atoms with Crippen LogP contribution in [0.25, 0.3) is 0 Å². The van der Waals surface area contributed by atoms with Crippen LogP contribution < -0.4 is 15.1 Å². The zero-order valence-electron chi connectivity index (χ0n) is 14.8. The Morgan fingerprint density at radius 3 is 2.60 bits per heavy atom. The van der Waals surface area contributed by atoms with Gasteiger partial charge in [0.2, 0.25) is 0 Å². The van der Waals surface area contributed by atoms with Gasteiger partial charge >= 0.3 is 0 Å². The Labute approximate surface area is 158 Å². The zero-order valence-corrected chi connectivity index (χ0v) is 16.4. The number of carbonyl (C=O) groups is 1. The van der Waals surface area contributed by atoms with Crippen molar-refractivity contribution in [3.05, 3.63) is 58.1 Å². The Balaban J connectivity index is 1.52. The molecule has 5 heteroatoms. The number of aryl methyl sites for hydroxylation is 1. The van der Waals surface area contributed by atoms with E-state index in [0.717, 1.165) is 36.3 Å². The Kier molecular flexibility index (Phi) is 5.76. The predicted octanol–water partition coefficient (Wildman–Crippen LogP) is 2.41. The second-order valence-electron chi connectivity index (χ2n) is 6.69. The molecular weight excluding hydrogens is 378 g/mol. The second-order valence-corrected chi connectivity index (χ2v) is 7.61. The Bertz CT molecular complexity index is 754. The fraction of sp³-hybridized carbons (Fsp3) is 0.350. The van der Waals surface area contributed by atoms with Crippen molar-refractivity contribution < 1.29 is 9.69 Å². The van der Waals surface area contributed by atoms with Gasteiger partial charge < -0.3 is 15.1 Å². The molecule has 4 nitrogen and oxygen atoms in total. The summed E-state index contributed by atoms with van der Waals surface area (Å²) in [4.78, 5) is 16.1. The van der Waals surface area contributed by atoms with Gasteiger partial charge in [-0.05, 0) is 49.2 Å². The smallest absolute Gasteiger partial charge is 0.279 e. The molecule has 0 radical (unpaired) electrons. The maximum atomic E-state index is 12.3. The van der Waals surface area contributed by atoms with E-state index in [-0.39, 0.29) is 5.91 Å². The molecule has 0 unspecified atom stereocenters. The SMILES string of the molecule is Cc1cccc(N2CC[NH+](CC(=O)Nc3cccc(Br)c3)CC2)c1C. The van der Waals surface area contributed by atoms with Crippen LogP contribution in [0, 0.1) is 13.8 Å². The summed E-state index contributed by atoms with van der Waals surface area (Å²) < 4.78 is 0.972. The lowest BCUT2D eigenvalue weighted by atomic mass is 10.1. The number of amides is 1. The molecular formula is C20H25BrN3O+. The standard InChI is InChI=1S/C20H24BrN3O/c1-15-5-3-8-19(16(15)2)24-11-9-23(10-12-24)14-20(25)22-18-7-4-6-17(21)13-18/h3-8,13H,9-12,14H2,1-2H3,(H,22,25)/p+1. The molecule has 1 aliphatic heterocycles. The van der Waals surface area contributed by atoms with Gasteiger partial charge in [0.1, 0.15) is 0 Å². The van der Waals surface area contributed by atoms with Crippen LogP contribution in [0.1, 0.15) is 11.1 Å². The summed E-state index contributed by atoms with van der Waals surface area (Å²) in [6.07, 6.45) is 0. The fourth-order valence-corrected chi connectivity index (χ4v) is 3.72. The van der Waals surface area contributed by atoms with Crippen LogP contribution in [-0.2, 0) is 4.79 Å². The monoisotopic (exact) mass is 402 g/mol. The summed E-state index contributed by atoms with van der Waals surface area (Å²) >= 11 is 3.43. The minimum atomic E-state index is 0.0771. The number of benzene rings is 2. The van der Waals surface area contributed by atoms with E-state index >= 15 is 0 Å². The minimum absolute atomic E-state index is 0.0771. The van der Waals surface area contributed by atoms with Gasteiger partial charge in [-0.25, -0.2) is 0 Å². The number of quaternary nitrogens is 1. The number of carbonyl (C=O) groups excluding carboxylic acids is 1. The quantitative estimate of drug-likeness (QED) is 0.823. The molecule has 0 spiro atoms. The highest BCUT2D eigenvalue weighted by Gasteiger charge is 2.23. The third-order valence-corrected chi connectivity index (χ3v) is 5.40. The van der Waals surface area contributed by atoms with Gasteiger partial charge in [-0.15, -0.1) is 0 Å². The first-order valence-electron chi connectivity index (χ1n) is 8.73. The lowest BCUT2D eigenvalue weighted by Gasteiger charge is -2.34. The summed E-state index contributed by atoms with van der Waals surface area (Å²) in [6.45, 7) is 8.82. The molecule has 132 valence electrons. The number of hydrogen-bond donors (Lipinski definition) is 2. The Hall–Kier alpha value is -1.85. The number of nitrogens with one attached hydrogen (secondary N) is 2. The molecule has 0 bridgehead atoms. The summed E-state index contributed by atoms with van der Waals surface area (Å²) in [5, 5.41) is 2.99. The van der Waals surface area contributed by atoms with Crippen molar-refractivity contribution >= 4 is 33.2 Å². The molecule has 1 aliphatic rings. The molecule has 2 aromatic rings. The van der Waals surface area contributed by atoms with Gasteiger partial charge in [-0.1, -0.05) is 34.1 Å². The number of rotatable bonds is 4. The first kappa shape index (κ1) is 18.0. The minimum Gasteiger partial charge on any atom is -0.360 e. The van der Waals surface area contributed by atoms with Crippen molar-refractivity contribution in [3.8, 4) is 0 Å². The van der Waals surface area contributed by atoms with Crippen LogP contribution >= 0.6 is 15.9 Å². The lowest BCUT2D eigenvalue weighted by molar-refractivity contribution is -0.892. The number of halogens is 1. The first-order chi connectivity index (χ1) is 12.0. The molecule has 0 aromatic heterocycles. The second kappa shape index (κ2) is 8.02. The normalized spacial score (nSPS) is 15.2. The van der Waals surface area contributed by atoms with Crippen LogP contribution in [0.3, 0.4) is 0 Å². The van der Waals surface area contributed by atoms with E-state index in [1.807, 2.05) is 24.3 Å². The number of nitrogens with zero attached hydrogens (tertiary/aromatic N) is 1. The van der Waals surface area contributed by atoms with Gasteiger partial charge in [0, 0.05) is 15.8 Å². The molecule has 1 heterocycles. The van der Waals surface area contributed by atoms with E-state index in [1.165, 1.54) is 21.7 Å². The van der Waals surface area contributed by atoms with E-state index in [0.29, 0.717) is 6.54 Å². The van der Waals surface area contributed by atoms with Crippen LogP contribution in [0.5, 0.6) is 0 Å². The van der Waals surface area contributed by atoms with Gasteiger partial charge in [-0.3, -0.25) is 4.79 Å².